The SMILES string of the molecule is OCC=NC(N=CCO)c1ccccc1. The molecule has 0 bridgehead atoms. The van der Waals surface area contributed by atoms with E-state index < -0.39 is 0 Å². The van der Waals surface area contributed by atoms with Crippen molar-refractivity contribution in [3.8, 4) is 0 Å². The van der Waals surface area contributed by atoms with Gasteiger partial charge >= 0.3 is 0 Å². The van der Waals surface area contributed by atoms with Crippen LogP contribution in [0.15, 0.2) is 40.3 Å². The maximum absolute atomic E-state index is 8.64. The predicted octanol–water partition coefficient (Wildman–Crippen LogP) is 0.811. The van der Waals surface area contributed by atoms with Crippen LogP contribution in [-0.4, -0.2) is 35.9 Å². The number of aliphatic imine (C=N–C) groups is 2. The zero-order chi connectivity index (χ0) is 10.9. The van der Waals surface area contributed by atoms with Crippen molar-refractivity contribution in [2.45, 2.75) is 6.17 Å². The molecular formula is C11H14N2O2. The Hall–Kier alpha value is -1.52. The lowest BCUT2D eigenvalue weighted by atomic mass is 10.2. The summed E-state index contributed by atoms with van der Waals surface area (Å²) in [7, 11) is 0. The maximum atomic E-state index is 8.64. The van der Waals surface area contributed by atoms with E-state index in [2.05, 4.69) is 9.98 Å². The highest BCUT2D eigenvalue weighted by Crippen LogP contribution is 2.17. The van der Waals surface area contributed by atoms with Crippen LogP contribution in [0.1, 0.15) is 11.7 Å². The molecule has 15 heavy (non-hydrogen) atoms. The Balaban J connectivity index is 2.81. The molecule has 0 aliphatic carbocycles. The van der Waals surface area contributed by atoms with Crippen molar-refractivity contribution in [3.63, 3.8) is 0 Å². The summed E-state index contributed by atoms with van der Waals surface area (Å²) in [5, 5.41) is 17.3. The summed E-state index contributed by atoms with van der Waals surface area (Å²) in [6.45, 7) is -0.226. The molecule has 0 saturated heterocycles. The number of aliphatic hydroxyl groups excluding tert-OH is 2. The quantitative estimate of drug-likeness (QED) is 0.700. The van der Waals surface area contributed by atoms with Gasteiger partial charge in [0.25, 0.3) is 0 Å². The number of benzene rings is 1. The van der Waals surface area contributed by atoms with Gasteiger partial charge in [0, 0.05) is 12.4 Å². The fourth-order valence-corrected chi connectivity index (χ4v) is 1.13. The second kappa shape index (κ2) is 6.86. The van der Waals surface area contributed by atoms with Crippen molar-refractivity contribution >= 4 is 12.4 Å². The average molecular weight is 206 g/mol. The maximum Gasteiger partial charge on any atom is 0.164 e. The molecule has 0 fully saturated rings. The first-order valence-electron chi connectivity index (χ1n) is 4.68. The van der Waals surface area contributed by atoms with E-state index in [-0.39, 0.29) is 19.4 Å². The molecule has 0 aliphatic heterocycles. The van der Waals surface area contributed by atoms with Gasteiger partial charge in [-0.25, -0.2) is 0 Å². The topological polar surface area (TPSA) is 65.2 Å². The lowest BCUT2D eigenvalue weighted by molar-refractivity contribution is 0.360. The summed E-state index contributed by atoms with van der Waals surface area (Å²) in [5.74, 6) is 0. The summed E-state index contributed by atoms with van der Waals surface area (Å²) < 4.78 is 0. The number of nitrogens with zero attached hydrogens (tertiary/aromatic N) is 2. The van der Waals surface area contributed by atoms with E-state index in [4.69, 9.17) is 10.2 Å². The van der Waals surface area contributed by atoms with Crippen LogP contribution in [0.4, 0.5) is 0 Å². The summed E-state index contributed by atoms with van der Waals surface area (Å²) >= 11 is 0. The van der Waals surface area contributed by atoms with Gasteiger partial charge in [0.1, 0.15) is 0 Å². The standard InChI is InChI=1S/C11H14N2O2/c14-8-6-12-11(13-7-9-15)10-4-2-1-3-5-10/h1-7,11,14-15H,8-9H2. The van der Waals surface area contributed by atoms with E-state index in [0.717, 1.165) is 5.56 Å². The second-order valence-corrected chi connectivity index (χ2v) is 2.81. The molecule has 1 aromatic rings. The van der Waals surface area contributed by atoms with Crippen LogP contribution in [0.25, 0.3) is 0 Å². The van der Waals surface area contributed by atoms with Gasteiger partial charge in [0.15, 0.2) is 6.17 Å². The molecule has 0 radical (unpaired) electrons. The van der Waals surface area contributed by atoms with Crippen LogP contribution >= 0.6 is 0 Å². The first kappa shape index (κ1) is 11.6. The smallest absolute Gasteiger partial charge is 0.164 e. The highest BCUT2D eigenvalue weighted by molar-refractivity contribution is 5.61. The Kier molecular flexibility index (Phi) is 5.29. The van der Waals surface area contributed by atoms with E-state index in [1.165, 1.54) is 12.4 Å². The van der Waals surface area contributed by atoms with Crippen molar-refractivity contribution in [2.24, 2.45) is 9.98 Å². The molecule has 0 atom stereocenters. The molecule has 0 saturated carbocycles. The van der Waals surface area contributed by atoms with Gasteiger partial charge in [-0.1, -0.05) is 30.3 Å². The molecule has 0 aromatic heterocycles. The number of rotatable bonds is 5. The third kappa shape index (κ3) is 4.01. The Bertz CT molecular complexity index is 309. The van der Waals surface area contributed by atoms with Crippen molar-refractivity contribution in [1.82, 2.24) is 0 Å². The van der Waals surface area contributed by atoms with E-state index in [1.54, 1.807) is 0 Å². The van der Waals surface area contributed by atoms with Crippen molar-refractivity contribution in [2.75, 3.05) is 13.2 Å². The van der Waals surface area contributed by atoms with Gasteiger partial charge in [-0.2, -0.15) is 0 Å². The molecule has 0 heterocycles. The van der Waals surface area contributed by atoms with Crippen LogP contribution in [0, 0.1) is 0 Å². The number of aliphatic hydroxyl groups is 2. The summed E-state index contributed by atoms with van der Waals surface area (Å²) in [6, 6.07) is 9.49. The molecule has 1 rings (SSSR count). The Morgan fingerprint density at radius 1 is 1.00 bits per heavy atom. The van der Waals surface area contributed by atoms with Gasteiger partial charge in [-0.3, -0.25) is 9.98 Å². The van der Waals surface area contributed by atoms with Gasteiger partial charge in [0.2, 0.25) is 0 Å². The number of hydrogen-bond acceptors (Lipinski definition) is 4. The molecule has 0 spiro atoms. The highest BCUT2D eigenvalue weighted by Gasteiger charge is 2.04. The van der Waals surface area contributed by atoms with E-state index >= 15 is 0 Å². The van der Waals surface area contributed by atoms with E-state index in [0.29, 0.717) is 0 Å². The van der Waals surface area contributed by atoms with E-state index in [9.17, 15) is 0 Å². The lowest BCUT2D eigenvalue weighted by Crippen LogP contribution is -1.96. The third-order valence-electron chi connectivity index (χ3n) is 1.75. The average Bonchev–Trinajstić information content (AvgIpc) is 2.30. The monoisotopic (exact) mass is 206 g/mol. The van der Waals surface area contributed by atoms with Crippen molar-refractivity contribution in [3.05, 3.63) is 35.9 Å². The molecule has 4 nitrogen and oxygen atoms in total. The molecule has 1 aromatic carbocycles. The third-order valence-corrected chi connectivity index (χ3v) is 1.75. The molecule has 0 amide bonds. The zero-order valence-electron chi connectivity index (χ0n) is 8.32. The lowest BCUT2D eigenvalue weighted by Gasteiger charge is -2.06. The summed E-state index contributed by atoms with van der Waals surface area (Å²) in [5.41, 5.74) is 0.923. The zero-order valence-corrected chi connectivity index (χ0v) is 8.32. The summed E-state index contributed by atoms with van der Waals surface area (Å²) in [6.07, 6.45) is 2.41. The van der Waals surface area contributed by atoms with Crippen LogP contribution in [0.2, 0.25) is 0 Å². The molecule has 80 valence electrons. The Morgan fingerprint density at radius 3 is 2.00 bits per heavy atom. The van der Waals surface area contributed by atoms with Crippen molar-refractivity contribution in [1.29, 1.82) is 0 Å². The predicted molar refractivity (Wildman–Crippen MR) is 60.3 cm³/mol. The van der Waals surface area contributed by atoms with Crippen LogP contribution in [0.3, 0.4) is 0 Å². The normalized spacial score (nSPS) is 13.7. The van der Waals surface area contributed by atoms with E-state index in [1.807, 2.05) is 30.3 Å². The van der Waals surface area contributed by atoms with Crippen LogP contribution in [0.5, 0.6) is 0 Å². The van der Waals surface area contributed by atoms with Gasteiger partial charge < -0.3 is 10.2 Å². The molecule has 4 heteroatoms. The first-order valence-corrected chi connectivity index (χ1v) is 4.68. The highest BCUT2D eigenvalue weighted by atomic mass is 16.3. The van der Waals surface area contributed by atoms with Gasteiger partial charge in [-0.15, -0.1) is 0 Å². The van der Waals surface area contributed by atoms with Gasteiger partial charge in [-0.05, 0) is 5.56 Å². The fourth-order valence-electron chi connectivity index (χ4n) is 1.13. The van der Waals surface area contributed by atoms with Crippen molar-refractivity contribution < 1.29 is 10.2 Å². The van der Waals surface area contributed by atoms with Crippen LogP contribution in [-0.2, 0) is 0 Å². The minimum Gasteiger partial charge on any atom is -0.391 e. The molecule has 0 unspecified atom stereocenters. The largest absolute Gasteiger partial charge is 0.391 e. The first-order chi connectivity index (χ1) is 7.38. The van der Waals surface area contributed by atoms with Crippen LogP contribution < -0.4 is 0 Å². The Labute approximate surface area is 88.6 Å². The van der Waals surface area contributed by atoms with Gasteiger partial charge in [0.05, 0.1) is 13.2 Å². The molecular weight excluding hydrogens is 192 g/mol. The minimum absolute atomic E-state index is 0.113. The second-order valence-electron chi connectivity index (χ2n) is 2.81. The summed E-state index contributed by atoms with van der Waals surface area (Å²) in [4.78, 5) is 8.13. The molecule has 0 aliphatic rings. The Morgan fingerprint density at radius 2 is 1.53 bits per heavy atom. The minimum atomic E-state index is -0.384. The number of hydrogen-bond donors (Lipinski definition) is 2. The molecule has 2 N–H and O–H groups in total. The fraction of sp³-hybridized carbons (Fsp3) is 0.273.